The van der Waals surface area contributed by atoms with Crippen LogP contribution in [0.4, 0.5) is 11.4 Å². The smallest absolute Gasteiger partial charge is 0.248 e. The molecule has 0 aliphatic heterocycles. The minimum atomic E-state index is -0.223. The summed E-state index contributed by atoms with van der Waals surface area (Å²) in [5, 5.41) is 5.69. The van der Waals surface area contributed by atoms with Crippen LogP contribution < -0.4 is 15.4 Å². The molecule has 0 bridgehead atoms. The first-order valence-electron chi connectivity index (χ1n) is 10.3. The Labute approximate surface area is 181 Å². The van der Waals surface area contributed by atoms with Gasteiger partial charge in [0.05, 0.1) is 0 Å². The molecular weight excluding hydrogens is 388 g/mol. The van der Waals surface area contributed by atoms with E-state index in [-0.39, 0.29) is 17.7 Å². The lowest BCUT2D eigenvalue weighted by Gasteiger charge is -2.07. The fourth-order valence-electron chi connectivity index (χ4n) is 3.00. The molecule has 156 valence electrons. The highest BCUT2D eigenvalue weighted by molar-refractivity contribution is 6.02. The van der Waals surface area contributed by atoms with Gasteiger partial charge in [-0.2, -0.15) is 0 Å². The summed E-state index contributed by atoms with van der Waals surface area (Å²) in [7, 11) is 0. The van der Waals surface area contributed by atoms with E-state index in [1.807, 2.05) is 54.6 Å². The number of hydrogen-bond donors (Lipinski definition) is 2. The number of benzene rings is 3. The second kappa shape index (κ2) is 9.76. The van der Waals surface area contributed by atoms with Crippen molar-refractivity contribution in [3.05, 3.63) is 96.1 Å². The first kappa shape index (κ1) is 20.4. The van der Waals surface area contributed by atoms with Gasteiger partial charge in [-0.15, -0.1) is 0 Å². The lowest BCUT2D eigenvalue weighted by molar-refractivity contribution is -0.117. The van der Waals surface area contributed by atoms with E-state index in [4.69, 9.17) is 4.74 Å². The van der Waals surface area contributed by atoms with Gasteiger partial charge in [0, 0.05) is 23.4 Å². The van der Waals surface area contributed by atoms with E-state index in [2.05, 4.69) is 10.6 Å². The van der Waals surface area contributed by atoms with Crippen LogP contribution in [-0.4, -0.2) is 11.8 Å². The van der Waals surface area contributed by atoms with Crippen LogP contribution in [0.3, 0.4) is 0 Å². The minimum Gasteiger partial charge on any atom is -0.489 e. The zero-order valence-electron chi connectivity index (χ0n) is 17.1. The third-order valence-electron chi connectivity index (χ3n) is 4.92. The molecule has 0 spiro atoms. The molecule has 0 unspecified atom stereocenters. The average molecular weight is 412 g/mol. The summed E-state index contributed by atoms with van der Waals surface area (Å²) in [6.07, 6.45) is 5.18. The highest BCUT2D eigenvalue weighted by Crippen LogP contribution is 2.30. The summed E-state index contributed by atoms with van der Waals surface area (Å²) >= 11 is 0. The SMILES string of the molecule is O=C(/C=C/c1ccc(OCc2ccccc2)cc1)Nc1ccc(NC(=O)C2CC2)cc1. The van der Waals surface area contributed by atoms with Crippen molar-refractivity contribution in [2.75, 3.05) is 10.6 Å². The molecule has 0 aromatic heterocycles. The molecule has 0 radical (unpaired) electrons. The van der Waals surface area contributed by atoms with Gasteiger partial charge in [-0.3, -0.25) is 9.59 Å². The summed E-state index contributed by atoms with van der Waals surface area (Å²) in [6, 6.07) is 24.7. The first-order valence-corrected chi connectivity index (χ1v) is 10.3. The summed E-state index contributed by atoms with van der Waals surface area (Å²) in [5.41, 5.74) is 3.42. The molecule has 1 aliphatic carbocycles. The molecule has 2 amide bonds. The third kappa shape index (κ3) is 6.31. The first-order chi connectivity index (χ1) is 15.2. The normalized spacial score (nSPS) is 13.0. The minimum absolute atomic E-state index is 0.0659. The van der Waals surface area contributed by atoms with Crippen molar-refractivity contribution in [3.8, 4) is 5.75 Å². The number of carbonyl (C=O) groups excluding carboxylic acids is 2. The summed E-state index contributed by atoms with van der Waals surface area (Å²) < 4.78 is 5.77. The van der Waals surface area contributed by atoms with Crippen LogP contribution in [0.25, 0.3) is 6.08 Å². The van der Waals surface area contributed by atoms with Crippen molar-refractivity contribution in [2.24, 2.45) is 5.92 Å². The predicted molar refractivity (Wildman–Crippen MR) is 123 cm³/mol. The number of nitrogens with one attached hydrogen (secondary N) is 2. The van der Waals surface area contributed by atoms with E-state index >= 15 is 0 Å². The van der Waals surface area contributed by atoms with Crippen molar-refractivity contribution in [1.29, 1.82) is 0 Å². The van der Waals surface area contributed by atoms with Gasteiger partial charge in [0.15, 0.2) is 0 Å². The van der Waals surface area contributed by atoms with Gasteiger partial charge in [0.2, 0.25) is 11.8 Å². The molecule has 3 aromatic carbocycles. The zero-order valence-corrected chi connectivity index (χ0v) is 17.1. The molecule has 1 saturated carbocycles. The molecule has 0 atom stereocenters. The third-order valence-corrected chi connectivity index (χ3v) is 4.92. The Bertz CT molecular complexity index is 1050. The number of amides is 2. The van der Waals surface area contributed by atoms with Gasteiger partial charge < -0.3 is 15.4 Å². The molecule has 3 aromatic rings. The number of carbonyl (C=O) groups is 2. The highest BCUT2D eigenvalue weighted by Gasteiger charge is 2.29. The number of hydrogen-bond acceptors (Lipinski definition) is 3. The molecule has 0 heterocycles. The van der Waals surface area contributed by atoms with Gasteiger partial charge in [0.25, 0.3) is 0 Å². The van der Waals surface area contributed by atoms with E-state index in [1.165, 1.54) is 6.08 Å². The number of rotatable bonds is 8. The maximum atomic E-state index is 12.2. The van der Waals surface area contributed by atoms with Crippen LogP contribution in [0.15, 0.2) is 84.9 Å². The maximum Gasteiger partial charge on any atom is 0.248 e. The summed E-state index contributed by atoms with van der Waals surface area (Å²) in [6.45, 7) is 0.515. The van der Waals surface area contributed by atoms with Crippen molar-refractivity contribution in [2.45, 2.75) is 19.4 Å². The summed E-state index contributed by atoms with van der Waals surface area (Å²) in [4.78, 5) is 24.0. The van der Waals surface area contributed by atoms with Crippen LogP contribution in [-0.2, 0) is 16.2 Å². The van der Waals surface area contributed by atoms with E-state index in [9.17, 15) is 9.59 Å². The lowest BCUT2D eigenvalue weighted by atomic mass is 10.2. The largest absolute Gasteiger partial charge is 0.489 e. The maximum absolute atomic E-state index is 12.2. The molecule has 0 saturated heterocycles. The van der Waals surface area contributed by atoms with Crippen molar-refractivity contribution in [1.82, 2.24) is 0 Å². The fraction of sp³-hybridized carbons (Fsp3) is 0.154. The van der Waals surface area contributed by atoms with Crippen LogP contribution in [0.1, 0.15) is 24.0 Å². The molecule has 4 rings (SSSR count). The Morgan fingerprint density at radius 1 is 0.839 bits per heavy atom. The van der Waals surface area contributed by atoms with Crippen LogP contribution in [0.2, 0.25) is 0 Å². The van der Waals surface area contributed by atoms with Crippen LogP contribution in [0, 0.1) is 5.92 Å². The summed E-state index contributed by atoms with van der Waals surface area (Å²) in [5.74, 6) is 0.781. The predicted octanol–water partition coefficient (Wildman–Crippen LogP) is 5.27. The van der Waals surface area contributed by atoms with E-state index in [1.54, 1.807) is 30.3 Å². The molecule has 1 aliphatic rings. The number of ether oxygens (including phenoxy) is 1. The Morgan fingerprint density at radius 2 is 1.48 bits per heavy atom. The molecule has 2 N–H and O–H groups in total. The quantitative estimate of drug-likeness (QED) is 0.496. The van der Waals surface area contributed by atoms with Crippen molar-refractivity contribution < 1.29 is 14.3 Å². The van der Waals surface area contributed by atoms with E-state index in [0.717, 1.165) is 35.4 Å². The molecule has 5 heteroatoms. The second-order valence-corrected chi connectivity index (χ2v) is 7.51. The standard InChI is InChI=1S/C26H24N2O3/c29-25(27-22-11-13-23(14-12-22)28-26(30)21-9-10-21)17-8-19-6-15-24(16-7-19)31-18-20-4-2-1-3-5-20/h1-8,11-17,21H,9-10,18H2,(H,27,29)(H,28,30)/b17-8+. The second-order valence-electron chi connectivity index (χ2n) is 7.51. The van der Waals surface area contributed by atoms with Gasteiger partial charge in [0.1, 0.15) is 12.4 Å². The fourth-order valence-corrected chi connectivity index (χ4v) is 3.00. The van der Waals surface area contributed by atoms with Gasteiger partial charge >= 0.3 is 0 Å². The Balaban J connectivity index is 1.25. The molecule has 5 nitrogen and oxygen atoms in total. The Kier molecular flexibility index (Phi) is 6.43. The zero-order chi connectivity index (χ0) is 21.5. The topological polar surface area (TPSA) is 67.4 Å². The van der Waals surface area contributed by atoms with Gasteiger partial charge in [-0.05, 0) is 66.4 Å². The lowest BCUT2D eigenvalue weighted by Crippen LogP contribution is -2.13. The monoisotopic (exact) mass is 412 g/mol. The highest BCUT2D eigenvalue weighted by atomic mass is 16.5. The average Bonchev–Trinajstić information content (AvgIpc) is 3.65. The molecule has 31 heavy (non-hydrogen) atoms. The van der Waals surface area contributed by atoms with Crippen molar-refractivity contribution in [3.63, 3.8) is 0 Å². The van der Waals surface area contributed by atoms with E-state index in [0.29, 0.717) is 12.3 Å². The van der Waals surface area contributed by atoms with Crippen LogP contribution in [0.5, 0.6) is 5.75 Å². The Morgan fingerprint density at radius 3 is 2.13 bits per heavy atom. The van der Waals surface area contributed by atoms with E-state index < -0.39 is 0 Å². The Hall–Kier alpha value is -3.86. The molecule has 1 fully saturated rings. The van der Waals surface area contributed by atoms with Crippen molar-refractivity contribution >= 4 is 29.3 Å². The van der Waals surface area contributed by atoms with Gasteiger partial charge in [-0.1, -0.05) is 42.5 Å². The number of anilines is 2. The molecular formula is C26H24N2O3. The van der Waals surface area contributed by atoms with Gasteiger partial charge in [-0.25, -0.2) is 0 Å². The van der Waals surface area contributed by atoms with Crippen LogP contribution >= 0.6 is 0 Å².